The molecule has 1 rings (SSSR count). The molecular weight excluding hydrogens is 144 g/mol. The van der Waals surface area contributed by atoms with Crippen LogP contribution in [0.1, 0.15) is 5.56 Å². The van der Waals surface area contributed by atoms with E-state index in [0.29, 0.717) is 5.56 Å². The summed E-state index contributed by atoms with van der Waals surface area (Å²) >= 11 is 0. The first-order valence-electron chi connectivity index (χ1n) is 3.23. The van der Waals surface area contributed by atoms with Crippen molar-refractivity contribution in [1.29, 1.82) is 0 Å². The highest BCUT2D eigenvalue weighted by Gasteiger charge is 2.07. The van der Waals surface area contributed by atoms with Crippen molar-refractivity contribution in [3.8, 4) is 11.5 Å². The molecule has 0 aliphatic heterocycles. The van der Waals surface area contributed by atoms with Gasteiger partial charge in [-0.1, -0.05) is 12.1 Å². The second kappa shape index (κ2) is 3.25. The number of ether oxygens (including phenoxy) is 1. The van der Waals surface area contributed by atoms with E-state index >= 15 is 0 Å². The molecule has 3 nitrogen and oxygen atoms in total. The van der Waals surface area contributed by atoms with Gasteiger partial charge in [-0.2, -0.15) is 0 Å². The zero-order valence-corrected chi connectivity index (χ0v) is 6.20. The van der Waals surface area contributed by atoms with E-state index in [-0.39, 0.29) is 18.1 Å². The number of para-hydroxylation sites is 1. The predicted molar refractivity (Wildman–Crippen MR) is 39.0 cm³/mol. The van der Waals surface area contributed by atoms with E-state index in [9.17, 15) is 5.11 Å². The molecule has 0 aliphatic rings. The molecule has 3 heteroatoms. The zero-order valence-electron chi connectivity index (χ0n) is 6.20. The highest BCUT2D eigenvalue weighted by molar-refractivity contribution is 5.44. The largest absolute Gasteiger partial charge is 0.493 e. The number of aliphatic hydroxyl groups excluding tert-OH is 1. The van der Waals surface area contributed by atoms with E-state index in [1.165, 1.54) is 7.11 Å². The van der Waals surface area contributed by atoms with E-state index in [2.05, 4.69) is 0 Å². The molecule has 11 heavy (non-hydrogen) atoms. The van der Waals surface area contributed by atoms with Crippen molar-refractivity contribution >= 4 is 0 Å². The van der Waals surface area contributed by atoms with Crippen molar-refractivity contribution < 1.29 is 14.9 Å². The summed E-state index contributed by atoms with van der Waals surface area (Å²) < 4.78 is 4.76. The first-order valence-corrected chi connectivity index (χ1v) is 3.23. The van der Waals surface area contributed by atoms with Crippen molar-refractivity contribution in [3.05, 3.63) is 23.8 Å². The highest BCUT2D eigenvalue weighted by atomic mass is 16.5. The van der Waals surface area contributed by atoms with Gasteiger partial charge in [0.15, 0.2) is 5.75 Å². The molecule has 0 unspecified atom stereocenters. The smallest absolute Gasteiger partial charge is 0.225 e. The summed E-state index contributed by atoms with van der Waals surface area (Å²) in [6.45, 7) is -0.240. The third kappa shape index (κ3) is 1.43. The molecule has 0 saturated heterocycles. The Morgan fingerprint density at radius 3 is 2.82 bits per heavy atom. The summed E-state index contributed by atoms with van der Waals surface area (Å²) in [4.78, 5) is 0. The van der Waals surface area contributed by atoms with E-state index in [1.807, 2.05) is 0 Å². The molecular formula is C8H9O3. The lowest BCUT2D eigenvalue weighted by Crippen LogP contribution is -1.87. The SMILES string of the molecule is COc1cccc(CO)c1[O]. The first-order chi connectivity index (χ1) is 5.29. The monoisotopic (exact) mass is 153 g/mol. The molecule has 0 saturated carbocycles. The van der Waals surface area contributed by atoms with Crippen molar-refractivity contribution in [2.75, 3.05) is 7.11 Å². The quantitative estimate of drug-likeness (QED) is 0.696. The Morgan fingerprint density at radius 2 is 2.27 bits per heavy atom. The Hall–Kier alpha value is -1.22. The number of rotatable bonds is 2. The van der Waals surface area contributed by atoms with E-state index in [1.54, 1.807) is 18.2 Å². The highest BCUT2D eigenvalue weighted by Crippen LogP contribution is 2.29. The summed E-state index contributed by atoms with van der Waals surface area (Å²) in [5, 5.41) is 19.8. The van der Waals surface area contributed by atoms with E-state index in [4.69, 9.17) is 9.84 Å². The maximum atomic E-state index is 11.1. The van der Waals surface area contributed by atoms with Gasteiger partial charge in [0.25, 0.3) is 0 Å². The van der Waals surface area contributed by atoms with Crippen molar-refractivity contribution in [2.24, 2.45) is 0 Å². The topological polar surface area (TPSA) is 49.4 Å². The fourth-order valence-corrected chi connectivity index (χ4v) is 0.847. The maximum Gasteiger partial charge on any atom is 0.225 e. The van der Waals surface area contributed by atoms with Gasteiger partial charge >= 0.3 is 0 Å². The van der Waals surface area contributed by atoms with Gasteiger partial charge in [-0.3, -0.25) is 5.11 Å². The third-order valence-electron chi connectivity index (χ3n) is 1.45. The second-order valence-electron chi connectivity index (χ2n) is 2.11. The average molecular weight is 153 g/mol. The fourth-order valence-electron chi connectivity index (χ4n) is 0.847. The Labute approximate surface area is 64.9 Å². The molecule has 59 valence electrons. The van der Waals surface area contributed by atoms with Crippen LogP contribution in [0.2, 0.25) is 0 Å². The van der Waals surface area contributed by atoms with Crippen LogP contribution in [0.5, 0.6) is 11.5 Å². The Balaban J connectivity index is 3.10. The van der Waals surface area contributed by atoms with Crippen LogP contribution in [0.25, 0.3) is 0 Å². The minimum Gasteiger partial charge on any atom is -0.493 e. The standard InChI is InChI=1S/C8H9O3/c1-11-7-4-2-3-6(5-9)8(7)10/h2-4,9H,5H2,1H3. The molecule has 0 aromatic heterocycles. The van der Waals surface area contributed by atoms with Gasteiger partial charge in [0.05, 0.1) is 13.7 Å². The van der Waals surface area contributed by atoms with Crippen LogP contribution in [-0.4, -0.2) is 12.2 Å². The van der Waals surface area contributed by atoms with E-state index in [0.717, 1.165) is 0 Å². The summed E-state index contributed by atoms with van der Waals surface area (Å²) in [5.41, 5.74) is 0.365. The van der Waals surface area contributed by atoms with Crippen LogP contribution in [0.15, 0.2) is 18.2 Å². The van der Waals surface area contributed by atoms with Gasteiger partial charge in [-0.15, -0.1) is 0 Å². The van der Waals surface area contributed by atoms with Gasteiger partial charge < -0.3 is 9.84 Å². The molecule has 0 heterocycles. The molecule has 0 bridgehead atoms. The van der Waals surface area contributed by atoms with Crippen LogP contribution >= 0.6 is 0 Å². The molecule has 0 fully saturated rings. The summed E-state index contributed by atoms with van der Waals surface area (Å²) in [5.74, 6) is 0.0362. The molecule has 0 spiro atoms. The predicted octanol–water partition coefficient (Wildman–Crippen LogP) is 1.33. The molecule has 0 amide bonds. The fraction of sp³-hybridized carbons (Fsp3) is 0.250. The van der Waals surface area contributed by atoms with Gasteiger partial charge in [0.2, 0.25) is 5.75 Å². The van der Waals surface area contributed by atoms with Gasteiger partial charge in [0.1, 0.15) is 0 Å². The van der Waals surface area contributed by atoms with Crippen LogP contribution in [0.4, 0.5) is 0 Å². The molecule has 1 aromatic carbocycles. The zero-order chi connectivity index (χ0) is 8.27. The molecule has 1 radical (unpaired) electrons. The molecule has 1 N–H and O–H groups in total. The number of methoxy groups -OCH3 is 1. The van der Waals surface area contributed by atoms with Crippen LogP contribution in [0, 0.1) is 0 Å². The number of hydrogen-bond acceptors (Lipinski definition) is 2. The van der Waals surface area contributed by atoms with Crippen molar-refractivity contribution in [2.45, 2.75) is 6.61 Å². The van der Waals surface area contributed by atoms with Crippen LogP contribution in [-0.2, 0) is 11.7 Å². The van der Waals surface area contributed by atoms with Gasteiger partial charge in [-0.25, -0.2) is 0 Å². The summed E-state index contributed by atoms with van der Waals surface area (Å²) in [6.07, 6.45) is 0. The van der Waals surface area contributed by atoms with Crippen LogP contribution < -0.4 is 4.74 Å². The lowest BCUT2D eigenvalue weighted by atomic mass is 10.2. The number of benzene rings is 1. The number of aliphatic hydroxyl groups is 1. The van der Waals surface area contributed by atoms with E-state index < -0.39 is 0 Å². The Kier molecular flexibility index (Phi) is 2.33. The minimum absolute atomic E-state index is 0.238. The summed E-state index contributed by atoms with van der Waals surface area (Å²) in [6, 6.07) is 4.82. The maximum absolute atomic E-state index is 11.1. The number of hydrogen-bond donors (Lipinski definition) is 1. The Morgan fingerprint density at radius 1 is 1.55 bits per heavy atom. The van der Waals surface area contributed by atoms with Crippen molar-refractivity contribution in [1.82, 2.24) is 0 Å². The molecule has 1 aromatic rings. The molecule has 0 atom stereocenters. The van der Waals surface area contributed by atoms with Gasteiger partial charge in [-0.05, 0) is 6.07 Å². The lowest BCUT2D eigenvalue weighted by Gasteiger charge is -2.02. The third-order valence-corrected chi connectivity index (χ3v) is 1.45. The van der Waals surface area contributed by atoms with Gasteiger partial charge in [0, 0.05) is 5.56 Å². The van der Waals surface area contributed by atoms with Crippen LogP contribution in [0.3, 0.4) is 0 Å². The normalized spacial score (nSPS) is 9.64. The summed E-state index contributed by atoms with van der Waals surface area (Å²) in [7, 11) is 1.43. The molecule has 0 aliphatic carbocycles. The lowest BCUT2D eigenvalue weighted by molar-refractivity contribution is 0.259. The average Bonchev–Trinajstić information content (AvgIpc) is 2.05. The first kappa shape index (κ1) is 7.88. The second-order valence-corrected chi connectivity index (χ2v) is 2.11. The Bertz CT molecular complexity index is 223. The minimum atomic E-state index is -0.240. The van der Waals surface area contributed by atoms with Crippen molar-refractivity contribution in [3.63, 3.8) is 0 Å².